The van der Waals surface area contributed by atoms with Crippen LogP contribution in [0.2, 0.25) is 0 Å². The van der Waals surface area contributed by atoms with Gasteiger partial charge in [-0.15, -0.1) is 24.0 Å². The van der Waals surface area contributed by atoms with Crippen LogP contribution in [0.5, 0.6) is 5.75 Å². The second-order valence-corrected chi connectivity index (χ2v) is 7.47. The van der Waals surface area contributed by atoms with E-state index < -0.39 is 0 Å². The summed E-state index contributed by atoms with van der Waals surface area (Å²) in [7, 11) is 3.55. The number of methoxy groups -OCH3 is 1. The summed E-state index contributed by atoms with van der Waals surface area (Å²) < 4.78 is 7.80. The highest BCUT2D eigenvalue weighted by Gasteiger charge is 2.25. The summed E-state index contributed by atoms with van der Waals surface area (Å²) in [6.45, 7) is 3.72. The molecule has 1 aromatic heterocycles. The summed E-state index contributed by atoms with van der Waals surface area (Å²) in [6.07, 6.45) is 6.83. The van der Waals surface area contributed by atoms with Crippen LogP contribution in [0.1, 0.15) is 30.8 Å². The maximum atomic E-state index is 5.51. The van der Waals surface area contributed by atoms with Crippen LogP contribution >= 0.6 is 24.0 Å². The molecular weight excluding hydrogens is 479 g/mol. The number of imidazole rings is 1. The minimum Gasteiger partial charge on any atom is -0.495 e. The molecule has 1 atom stereocenters. The molecule has 2 aliphatic rings. The Morgan fingerprint density at radius 1 is 1.28 bits per heavy atom. The molecule has 2 aromatic rings. The highest BCUT2D eigenvalue weighted by Crippen LogP contribution is 2.30. The van der Waals surface area contributed by atoms with Crippen LogP contribution < -0.4 is 20.3 Å². The van der Waals surface area contributed by atoms with Crippen LogP contribution in [0.4, 0.5) is 5.69 Å². The topological polar surface area (TPSA) is 66.7 Å². The summed E-state index contributed by atoms with van der Waals surface area (Å²) in [6, 6.07) is 8.55. The van der Waals surface area contributed by atoms with Crippen molar-refractivity contribution in [3.05, 3.63) is 42.0 Å². The first-order valence-corrected chi connectivity index (χ1v) is 10.2. The lowest BCUT2D eigenvalue weighted by atomic mass is 10.2. The molecule has 0 spiro atoms. The van der Waals surface area contributed by atoms with Gasteiger partial charge in [-0.2, -0.15) is 0 Å². The number of nitrogens with zero attached hydrogens (tertiary/aromatic N) is 4. The first-order chi connectivity index (χ1) is 13.8. The monoisotopic (exact) mass is 510 g/mol. The average Bonchev–Trinajstić information content (AvgIpc) is 3.37. The van der Waals surface area contributed by atoms with Crippen molar-refractivity contribution in [2.24, 2.45) is 4.99 Å². The molecule has 0 amide bonds. The number of nitrogens with one attached hydrogen (secondary N) is 2. The molecule has 1 fully saturated rings. The minimum atomic E-state index is 0. The van der Waals surface area contributed by atoms with Crippen molar-refractivity contribution in [1.82, 2.24) is 20.2 Å². The summed E-state index contributed by atoms with van der Waals surface area (Å²) >= 11 is 0. The van der Waals surface area contributed by atoms with Gasteiger partial charge in [-0.1, -0.05) is 12.1 Å². The van der Waals surface area contributed by atoms with Gasteiger partial charge < -0.3 is 24.8 Å². The van der Waals surface area contributed by atoms with Crippen LogP contribution in [0.15, 0.2) is 35.5 Å². The number of aliphatic imine (C=N–C) groups is 1. The highest BCUT2D eigenvalue weighted by atomic mass is 127. The predicted octanol–water partition coefficient (Wildman–Crippen LogP) is 2.79. The van der Waals surface area contributed by atoms with E-state index in [0.717, 1.165) is 55.6 Å². The van der Waals surface area contributed by atoms with Crippen LogP contribution in [0.3, 0.4) is 0 Å². The Morgan fingerprint density at radius 3 is 2.93 bits per heavy atom. The Morgan fingerprint density at radius 2 is 2.14 bits per heavy atom. The number of ether oxygens (including phenoxy) is 1. The van der Waals surface area contributed by atoms with Gasteiger partial charge in [0.15, 0.2) is 5.96 Å². The van der Waals surface area contributed by atoms with Gasteiger partial charge >= 0.3 is 0 Å². The van der Waals surface area contributed by atoms with Crippen LogP contribution in [-0.2, 0) is 19.5 Å². The molecule has 0 bridgehead atoms. The maximum absolute atomic E-state index is 5.51. The maximum Gasteiger partial charge on any atom is 0.191 e. The van der Waals surface area contributed by atoms with Gasteiger partial charge in [0.2, 0.25) is 0 Å². The molecule has 8 heteroatoms. The summed E-state index contributed by atoms with van der Waals surface area (Å²) in [5, 5.41) is 6.98. The summed E-state index contributed by atoms with van der Waals surface area (Å²) in [5.41, 5.74) is 2.24. The number of hydrogen-bond acceptors (Lipinski definition) is 4. The predicted molar refractivity (Wildman–Crippen MR) is 128 cm³/mol. The third-order valence-electron chi connectivity index (χ3n) is 5.57. The Kier molecular flexibility index (Phi) is 7.63. The SMILES string of the molecule is CN=C(NCc1cn2c(n1)CCCC2)NC1CCN(c2ccccc2OC)C1.I. The second kappa shape index (κ2) is 10.2. The van der Waals surface area contributed by atoms with Crippen LogP contribution in [0.25, 0.3) is 0 Å². The number of aryl methyl sites for hydroxylation is 2. The van der Waals surface area contributed by atoms with Gasteiger partial charge in [-0.3, -0.25) is 4.99 Å². The fourth-order valence-corrected chi connectivity index (χ4v) is 4.11. The van der Waals surface area contributed by atoms with Gasteiger partial charge in [-0.05, 0) is 31.4 Å². The molecule has 1 aromatic carbocycles. The van der Waals surface area contributed by atoms with Gasteiger partial charge in [0.1, 0.15) is 11.6 Å². The molecule has 7 nitrogen and oxygen atoms in total. The van der Waals surface area contributed by atoms with E-state index >= 15 is 0 Å². The first-order valence-electron chi connectivity index (χ1n) is 10.2. The lowest BCUT2D eigenvalue weighted by Gasteiger charge is -2.22. The van der Waals surface area contributed by atoms with Crippen molar-refractivity contribution < 1.29 is 4.74 Å². The van der Waals surface area contributed by atoms with E-state index in [1.165, 1.54) is 18.7 Å². The normalized spacial score (nSPS) is 18.8. The van der Waals surface area contributed by atoms with E-state index in [1.807, 2.05) is 19.2 Å². The first kappa shape index (κ1) is 21.7. The van der Waals surface area contributed by atoms with Gasteiger partial charge in [0.05, 0.1) is 25.0 Å². The van der Waals surface area contributed by atoms with E-state index in [-0.39, 0.29) is 24.0 Å². The largest absolute Gasteiger partial charge is 0.495 e. The van der Waals surface area contributed by atoms with E-state index in [9.17, 15) is 0 Å². The smallest absolute Gasteiger partial charge is 0.191 e. The Hall–Kier alpha value is -1.97. The minimum absolute atomic E-state index is 0. The number of anilines is 1. The molecule has 3 heterocycles. The molecule has 29 heavy (non-hydrogen) atoms. The van der Waals surface area contributed by atoms with Crippen molar-refractivity contribution in [3.8, 4) is 5.75 Å². The van der Waals surface area contributed by atoms with Gasteiger partial charge in [-0.25, -0.2) is 4.98 Å². The Bertz CT molecular complexity index is 813. The van der Waals surface area contributed by atoms with Crippen molar-refractivity contribution >= 4 is 35.6 Å². The molecule has 1 saturated heterocycles. The van der Waals surface area contributed by atoms with Crippen LogP contribution in [0, 0.1) is 0 Å². The molecule has 0 aliphatic carbocycles. The number of halogens is 1. The zero-order chi connectivity index (χ0) is 19.3. The standard InChI is InChI=1S/C21H30N6O.HI/c1-22-21(23-13-17-15-27-11-6-5-9-20(27)24-17)25-16-10-12-26(14-16)18-7-3-4-8-19(18)28-2;/h3-4,7-8,15-16H,5-6,9-14H2,1-2H3,(H2,22,23,25);1H. The molecular formula is C21H31IN6O. The summed E-state index contributed by atoms with van der Waals surface area (Å²) in [5.74, 6) is 2.97. The number of fused-ring (bicyclic) bond motifs is 1. The zero-order valence-electron chi connectivity index (χ0n) is 17.2. The number of aromatic nitrogens is 2. The molecule has 0 radical (unpaired) electrons. The number of rotatable bonds is 5. The van der Waals surface area contributed by atoms with Crippen molar-refractivity contribution in [2.75, 3.05) is 32.1 Å². The fourth-order valence-electron chi connectivity index (χ4n) is 4.11. The molecule has 2 N–H and O–H groups in total. The second-order valence-electron chi connectivity index (χ2n) is 7.47. The third-order valence-corrected chi connectivity index (χ3v) is 5.57. The molecule has 1 unspecified atom stereocenters. The van der Waals surface area contributed by atoms with E-state index in [4.69, 9.17) is 9.72 Å². The molecule has 4 rings (SSSR count). The zero-order valence-corrected chi connectivity index (χ0v) is 19.6. The lowest BCUT2D eigenvalue weighted by Crippen LogP contribution is -2.44. The number of guanidine groups is 1. The quantitative estimate of drug-likeness (QED) is 0.368. The van der Waals surface area contributed by atoms with Gasteiger partial charge in [0, 0.05) is 45.3 Å². The Labute approximate surface area is 190 Å². The fraction of sp³-hybridized carbons (Fsp3) is 0.524. The summed E-state index contributed by atoms with van der Waals surface area (Å²) in [4.78, 5) is 11.5. The van der Waals surface area contributed by atoms with E-state index in [2.05, 4.69) is 43.4 Å². The number of para-hydroxylation sites is 2. The van der Waals surface area contributed by atoms with Crippen molar-refractivity contribution in [3.63, 3.8) is 0 Å². The molecule has 0 saturated carbocycles. The van der Waals surface area contributed by atoms with E-state index in [1.54, 1.807) is 7.11 Å². The Balaban J connectivity index is 0.00000240. The third kappa shape index (κ3) is 5.15. The van der Waals surface area contributed by atoms with Crippen LogP contribution in [-0.4, -0.2) is 48.8 Å². The number of benzene rings is 1. The van der Waals surface area contributed by atoms with Crippen molar-refractivity contribution in [2.45, 2.75) is 44.8 Å². The molecule has 2 aliphatic heterocycles. The van der Waals surface area contributed by atoms with E-state index in [0.29, 0.717) is 12.6 Å². The molecule has 158 valence electrons. The number of hydrogen-bond donors (Lipinski definition) is 2. The lowest BCUT2D eigenvalue weighted by molar-refractivity contribution is 0.415. The van der Waals surface area contributed by atoms with Gasteiger partial charge in [0.25, 0.3) is 0 Å². The highest BCUT2D eigenvalue weighted by molar-refractivity contribution is 14.0. The van der Waals surface area contributed by atoms with Crippen molar-refractivity contribution in [1.29, 1.82) is 0 Å². The average molecular weight is 510 g/mol.